The molecule has 8 nitrogen and oxygen atoms in total. The molecule has 1 amide bonds. The van der Waals surface area contributed by atoms with Crippen LogP contribution in [0.2, 0.25) is 0 Å². The average Bonchev–Trinajstić information content (AvgIpc) is 3.37. The van der Waals surface area contributed by atoms with Crippen LogP contribution in [-0.2, 0) is 23.2 Å². The van der Waals surface area contributed by atoms with Gasteiger partial charge in [0.25, 0.3) is 11.7 Å². The molecule has 1 aliphatic heterocycles. The summed E-state index contributed by atoms with van der Waals surface area (Å²) in [6.07, 6.45) is 4.74. The highest BCUT2D eigenvalue weighted by Gasteiger charge is 2.47. The van der Waals surface area contributed by atoms with Crippen molar-refractivity contribution in [1.82, 2.24) is 19.7 Å². The maximum Gasteiger partial charge on any atom is 0.296 e. The van der Waals surface area contributed by atoms with Gasteiger partial charge in [0.15, 0.2) is 0 Å². The first-order valence-corrected chi connectivity index (χ1v) is 9.11. The van der Waals surface area contributed by atoms with Gasteiger partial charge in [-0.05, 0) is 37.6 Å². The van der Waals surface area contributed by atoms with E-state index in [2.05, 4.69) is 10.1 Å². The van der Waals surface area contributed by atoms with Crippen molar-refractivity contribution in [3.05, 3.63) is 76.8 Å². The molecule has 0 bridgehead atoms. The van der Waals surface area contributed by atoms with Gasteiger partial charge in [0.2, 0.25) is 0 Å². The van der Waals surface area contributed by atoms with Crippen LogP contribution in [0.5, 0.6) is 0 Å². The minimum absolute atomic E-state index is 0.00644. The Balaban J connectivity index is 1.88. The number of nitrogens with zero attached hydrogens (tertiary/aromatic N) is 4. The van der Waals surface area contributed by atoms with Crippen molar-refractivity contribution in [3.8, 4) is 0 Å². The van der Waals surface area contributed by atoms with E-state index in [4.69, 9.17) is 4.42 Å². The van der Waals surface area contributed by atoms with Gasteiger partial charge in [0.1, 0.15) is 17.6 Å². The van der Waals surface area contributed by atoms with Gasteiger partial charge in [-0.15, -0.1) is 0 Å². The maximum absolute atomic E-state index is 13.0. The zero-order valence-electron chi connectivity index (χ0n) is 16.3. The monoisotopic (exact) mass is 392 g/mol. The van der Waals surface area contributed by atoms with Gasteiger partial charge in [-0.3, -0.25) is 19.3 Å². The number of furan rings is 1. The standard InChI is InChI=1S/C21H20N4O4/c1-12-16(13(2)24(3)23-12)19(26)17-18(15-7-5-9-29-15)25(21(28)20(17)27)11-14-6-4-8-22-10-14/h4-10,18,26H,11H2,1-3H3/t18-/m0/s1. The van der Waals surface area contributed by atoms with E-state index >= 15 is 0 Å². The molecule has 148 valence electrons. The molecule has 0 radical (unpaired) electrons. The quantitative estimate of drug-likeness (QED) is 0.416. The Bertz CT molecular complexity index is 1110. The molecule has 8 heteroatoms. The number of aryl methyl sites for hydroxylation is 2. The summed E-state index contributed by atoms with van der Waals surface area (Å²) in [7, 11) is 1.75. The molecule has 1 saturated heterocycles. The minimum Gasteiger partial charge on any atom is -0.507 e. The second kappa shape index (κ2) is 7.05. The van der Waals surface area contributed by atoms with Crippen LogP contribution >= 0.6 is 0 Å². The number of likely N-dealkylation sites (tertiary alicyclic amines) is 1. The second-order valence-corrected chi connectivity index (χ2v) is 6.97. The summed E-state index contributed by atoms with van der Waals surface area (Å²) in [6, 6.07) is 6.10. The van der Waals surface area contributed by atoms with E-state index in [-0.39, 0.29) is 17.9 Å². The zero-order valence-corrected chi connectivity index (χ0v) is 16.3. The molecule has 4 heterocycles. The normalized spacial score (nSPS) is 18.6. The zero-order chi connectivity index (χ0) is 20.7. The lowest BCUT2D eigenvalue weighted by Crippen LogP contribution is -2.29. The highest BCUT2D eigenvalue weighted by molar-refractivity contribution is 6.46. The van der Waals surface area contributed by atoms with E-state index in [0.717, 1.165) is 5.56 Å². The largest absolute Gasteiger partial charge is 0.507 e. The molecule has 1 aliphatic rings. The molecule has 0 aliphatic carbocycles. The molecule has 4 rings (SSSR count). The second-order valence-electron chi connectivity index (χ2n) is 6.97. The number of Topliss-reactive ketones (excluding diaryl/α,β-unsaturated/α-hetero) is 1. The average molecular weight is 392 g/mol. The number of aliphatic hydroxyl groups is 1. The van der Waals surface area contributed by atoms with Gasteiger partial charge in [0, 0.05) is 31.7 Å². The summed E-state index contributed by atoms with van der Waals surface area (Å²) in [5.74, 6) is -1.30. The fourth-order valence-electron chi connectivity index (χ4n) is 3.73. The van der Waals surface area contributed by atoms with Crippen LogP contribution in [0.15, 0.2) is 52.9 Å². The van der Waals surface area contributed by atoms with E-state index in [0.29, 0.717) is 22.7 Å². The van der Waals surface area contributed by atoms with E-state index < -0.39 is 17.7 Å². The van der Waals surface area contributed by atoms with Gasteiger partial charge in [-0.1, -0.05) is 6.07 Å². The topological polar surface area (TPSA) is 101 Å². The Morgan fingerprint density at radius 1 is 1.24 bits per heavy atom. The number of amides is 1. The smallest absolute Gasteiger partial charge is 0.296 e. The van der Waals surface area contributed by atoms with Gasteiger partial charge in [0.05, 0.1) is 23.1 Å². The molecule has 1 N–H and O–H groups in total. The van der Waals surface area contributed by atoms with Crippen LogP contribution in [0, 0.1) is 13.8 Å². The molecule has 29 heavy (non-hydrogen) atoms. The Morgan fingerprint density at radius 2 is 2.03 bits per heavy atom. The lowest BCUT2D eigenvalue weighted by molar-refractivity contribution is -0.140. The molecule has 0 aromatic carbocycles. The Hall–Kier alpha value is -3.68. The third kappa shape index (κ3) is 3.02. The van der Waals surface area contributed by atoms with Gasteiger partial charge in [-0.2, -0.15) is 5.10 Å². The van der Waals surface area contributed by atoms with E-state index in [9.17, 15) is 14.7 Å². The number of hydrogen-bond acceptors (Lipinski definition) is 6. The SMILES string of the molecule is Cc1nn(C)c(C)c1C(O)=C1C(=O)C(=O)N(Cc2cccnc2)[C@H]1c1ccco1. The summed E-state index contributed by atoms with van der Waals surface area (Å²) < 4.78 is 7.16. The predicted molar refractivity (Wildman–Crippen MR) is 103 cm³/mol. The van der Waals surface area contributed by atoms with Crippen molar-refractivity contribution in [2.45, 2.75) is 26.4 Å². The number of hydrogen-bond donors (Lipinski definition) is 1. The number of pyridine rings is 1. The van der Waals surface area contributed by atoms with Crippen molar-refractivity contribution in [2.75, 3.05) is 0 Å². The van der Waals surface area contributed by atoms with Crippen LogP contribution in [0.1, 0.15) is 34.3 Å². The first-order chi connectivity index (χ1) is 13.9. The van der Waals surface area contributed by atoms with Crippen molar-refractivity contribution < 1.29 is 19.1 Å². The molecule has 1 fully saturated rings. The number of carbonyl (C=O) groups is 2. The fourth-order valence-corrected chi connectivity index (χ4v) is 3.73. The van der Waals surface area contributed by atoms with Crippen LogP contribution in [0.3, 0.4) is 0 Å². The molecule has 0 spiro atoms. The Labute approximate surface area is 167 Å². The molecule has 0 saturated carbocycles. The number of ketones is 1. The Morgan fingerprint density at radius 3 is 2.62 bits per heavy atom. The third-order valence-electron chi connectivity index (χ3n) is 5.17. The van der Waals surface area contributed by atoms with Crippen molar-refractivity contribution in [3.63, 3.8) is 0 Å². The van der Waals surface area contributed by atoms with Crippen LogP contribution < -0.4 is 0 Å². The van der Waals surface area contributed by atoms with E-state index in [1.807, 2.05) is 6.07 Å². The van der Waals surface area contributed by atoms with Gasteiger partial charge in [-0.25, -0.2) is 0 Å². The number of aliphatic hydroxyl groups excluding tert-OH is 1. The van der Waals surface area contributed by atoms with Crippen LogP contribution in [0.25, 0.3) is 5.76 Å². The summed E-state index contributed by atoms with van der Waals surface area (Å²) in [5.41, 5.74) is 2.46. The number of aromatic nitrogens is 3. The summed E-state index contributed by atoms with van der Waals surface area (Å²) in [5, 5.41) is 15.4. The molecule has 3 aromatic rings. The van der Waals surface area contributed by atoms with E-state index in [1.165, 1.54) is 11.2 Å². The highest BCUT2D eigenvalue weighted by Crippen LogP contribution is 2.41. The van der Waals surface area contributed by atoms with E-state index in [1.54, 1.807) is 56.2 Å². The van der Waals surface area contributed by atoms with Gasteiger partial charge >= 0.3 is 0 Å². The third-order valence-corrected chi connectivity index (χ3v) is 5.17. The lowest BCUT2D eigenvalue weighted by Gasteiger charge is -2.23. The molecule has 3 aromatic heterocycles. The summed E-state index contributed by atoms with van der Waals surface area (Å²) in [6.45, 7) is 3.70. The molecule has 1 atom stereocenters. The fraction of sp³-hybridized carbons (Fsp3) is 0.238. The summed E-state index contributed by atoms with van der Waals surface area (Å²) in [4.78, 5) is 31.3. The maximum atomic E-state index is 13.0. The number of carbonyl (C=O) groups excluding carboxylic acids is 2. The molecular formula is C21H20N4O4. The highest BCUT2D eigenvalue weighted by atomic mass is 16.3. The molecular weight excluding hydrogens is 372 g/mol. The van der Waals surface area contributed by atoms with Gasteiger partial charge < -0.3 is 14.4 Å². The first-order valence-electron chi connectivity index (χ1n) is 9.11. The molecule has 0 unspecified atom stereocenters. The lowest BCUT2D eigenvalue weighted by atomic mass is 9.98. The van der Waals surface area contributed by atoms with Crippen molar-refractivity contribution >= 4 is 17.4 Å². The van der Waals surface area contributed by atoms with Crippen molar-refractivity contribution in [2.24, 2.45) is 7.05 Å². The van der Waals surface area contributed by atoms with Crippen LogP contribution in [0.4, 0.5) is 0 Å². The van der Waals surface area contributed by atoms with Crippen molar-refractivity contribution in [1.29, 1.82) is 0 Å². The first kappa shape index (κ1) is 18.7. The summed E-state index contributed by atoms with van der Waals surface area (Å²) >= 11 is 0. The Kier molecular flexibility index (Phi) is 4.54. The number of rotatable bonds is 4. The van der Waals surface area contributed by atoms with Crippen LogP contribution in [-0.4, -0.2) is 36.5 Å². The predicted octanol–water partition coefficient (Wildman–Crippen LogP) is 2.65. The minimum atomic E-state index is -0.843.